The second kappa shape index (κ2) is 9.71. The van der Waals surface area contributed by atoms with E-state index in [0.29, 0.717) is 0 Å². The van der Waals surface area contributed by atoms with Crippen molar-refractivity contribution >= 4 is 0 Å². The highest BCUT2D eigenvalue weighted by Crippen LogP contribution is 1.96. The maximum Gasteiger partial charge on any atom is 0.105 e. The van der Waals surface area contributed by atoms with Crippen LogP contribution in [0.1, 0.15) is 39.4 Å². The first-order chi connectivity index (χ1) is 7.34. The van der Waals surface area contributed by atoms with Crippen molar-refractivity contribution in [1.82, 2.24) is 14.9 Å². The van der Waals surface area contributed by atoms with E-state index in [9.17, 15) is 0 Å². The number of aryl methyl sites for hydroxylation is 2. The zero-order chi connectivity index (χ0) is 11.5. The van der Waals surface area contributed by atoms with E-state index in [1.54, 1.807) is 0 Å². The molecule has 1 N–H and O–H groups in total. The van der Waals surface area contributed by atoms with Gasteiger partial charge < -0.3 is 9.88 Å². The highest BCUT2D eigenvalue weighted by molar-refractivity contribution is 4.88. The fourth-order valence-electron chi connectivity index (χ4n) is 1.32. The van der Waals surface area contributed by atoms with Gasteiger partial charge in [0.25, 0.3) is 0 Å². The SMILES string of the molecule is CC.CCCNCCCn1ccnc1C. The summed E-state index contributed by atoms with van der Waals surface area (Å²) in [5.74, 6) is 1.11. The smallest absolute Gasteiger partial charge is 0.105 e. The third-order valence-electron chi connectivity index (χ3n) is 2.10. The Morgan fingerprint density at radius 3 is 2.60 bits per heavy atom. The first kappa shape index (κ1) is 14.2. The lowest BCUT2D eigenvalue weighted by atomic mass is 10.4. The summed E-state index contributed by atoms with van der Waals surface area (Å²) in [5, 5.41) is 3.38. The molecule has 0 unspecified atom stereocenters. The minimum atomic E-state index is 1.07. The molecule has 0 bridgehead atoms. The van der Waals surface area contributed by atoms with Crippen LogP contribution in [-0.4, -0.2) is 22.6 Å². The Morgan fingerprint density at radius 1 is 1.33 bits per heavy atom. The predicted octanol–water partition coefficient (Wildman–Crippen LogP) is 2.61. The fourth-order valence-corrected chi connectivity index (χ4v) is 1.32. The summed E-state index contributed by atoms with van der Waals surface area (Å²) >= 11 is 0. The molecule has 88 valence electrons. The van der Waals surface area contributed by atoms with E-state index in [-0.39, 0.29) is 0 Å². The van der Waals surface area contributed by atoms with Crippen LogP contribution in [0.5, 0.6) is 0 Å². The normalized spacial score (nSPS) is 9.60. The first-order valence-corrected chi connectivity index (χ1v) is 6.03. The van der Waals surface area contributed by atoms with Gasteiger partial charge in [-0.3, -0.25) is 0 Å². The van der Waals surface area contributed by atoms with Crippen LogP contribution in [0.25, 0.3) is 0 Å². The number of hydrogen-bond acceptors (Lipinski definition) is 2. The summed E-state index contributed by atoms with van der Waals surface area (Å²) < 4.78 is 2.19. The molecule has 1 aromatic heterocycles. The molecule has 0 atom stereocenters. The molecule has 0 spiro atoms. The molecule has 0 fully saturated rings. The van der Waals surface area contributed by atoms with Crippen molar-refractivity contribution in [1.29, 1.82) is 0 Å². The first-order valence-electron chi connectivity index (χ1n) is 6.03. The van der Waals surface area contributed by atoms with Crippen molar-refractivity contribution in [2.45, 2.75) is 47.1 Å². The van der Waals surface area contributed by atoms with Crippen molar-refractivity contribution in [2.24, 2.45) is 0 Å². The molecule has 3 heteroatoms. The average Bonchev–Trinajstić information content (AvgIpc) is 2.67. The standard InChI is InChI=1S/C10H19N3.C2H6/c1-3-5-11-6-4-8-13-9-7-12-10(13)2;1-2/h7,9,11H,3-6,8H2,1-2H3;1-2H3. The van der Waals surface area contributed by atoms with Crippen LogP contribution in [-0.2, 0) is 6.54 Å². The van der Waals surface area contributed by atoms with Crippen molar-refractivity contribution in [2.75, 3.05) is 13.1 Å². The van der Waals surface area contributed by atoms with E-state index in [1.807, 2.05) is 33.2 Å². The molecular weight excluding hydrogens is 186 g/mol. The largest absolute Gasteiger partial charge is 0.335 e. The molecule has 15 heavy (non-hydrogen) atoms. The number of nitrogens with one attached hydrogen (secondary N) is 1. The maximum atomic E-state index is 4.17. The third kappa shape index (κ3) is 6.28. The van der Waals surface area contributed by atoms with Crippen LogP contribution in [0.2, 0.25) is 0 Å². The minimum Gasteiger partial charge on any atom is -0.335 e. The lowest BCUT2D eigenvalue weighted by Crippen LogP contribution is -2.17. The van der Waals surface area contributed by atoms with Gasteiger partial charge in [-0.25, -0.2) is 4.98 Å². The molecule has 0 saturated heterocycles. The number of rotatable bonds is 6. The molecule has 1 aromatic rings. The van der Waals surface area contributed by atoms with Gasteiger partial charge in [0.15, 0.2) is 0 Å². The second-order valence-corrected chi connectivity index (χ2v) is 3.27. The Labute approximate surface area is 93.9 Å². The van der Waals surface area contributed by atoms with E-state index < -0.39 is 0 Å². The van der Waals surface area contributed by atoms with Crippen molar-refractivity contribution in [3.63, 3.8) is 0 Å². The van der Waals surface area contributed by atoms with Crippen molar-refractivity contribution in [3.8, 4) is 0 Å². The lowest BCUT2D eigenvalue weighted by molar-refractivity contribution is 0.570. The molecular formula is C12H25N3. The minimum absolute atomic E-state index is 1.07. The monoisotopic (exact) mass is 211 g/mol. The molecule has 1 heterocycles. The van der Waals surface area contributed by atoms with E-state index in [0.717, 1.165) is 25.5 Å². The van der Waals surface area contributed by atoms with E-state index >= 15 is 0 Å². The zero-order valence-electron chi connectivity index (χ0n) is 10.6. The van der Waals surface area contributed by atoms with Gasteiger partial charge in [-0.15, -0.1) is 0 Å². The van der Waals surface area contributed by atoms with Crippen LogP contribution in [0.4, 0.5) is 0 Å². The maximum absolute atomic E-state index is 4.17. The molecule has 0 aliphatic heterocycles. The number of nitrogens with zero attached hydrogens (tertiary/aromatic N) is 2. The van der Waals surface area contributed by atoms with Gasteiger partial charge in [-0.2, -0.15) is 0 Å². The van der Waals surface area contributed by atoms with E-state index in [2.05, 4.69) is 21.8 Å². The highest BCUT2D eigenvalue weighted by atomic mass is 15.0. The molecule has 0 saturated carbocycles. The molecule has 0 aliphatic carbocycles. The Balaban J connectivity index is 0.000000921. The van der Waals surface area contributed by atoms with Gasteiger partial charge >= 0.3 is 0 Å². The highest BCUT2D eigenvalue weighted by Gasteiger charge is 1.94. The summed E-state index contributed by atoms with van der Waals surface area (Å²) in [7, 11) is 0. The van der Waals surface area contributed by atoms with Crippen LogP contribution in [0.3, 0.4) is 0 Å². The quantitative estimate of drug-likeness (QED) is 0.733. The van der Waals surface area contributed by atoms with Crippen LogP contribution in [0.15, 0.2) is 12.4 Å². The topological polar surface area (TPSA) is 29.9 Å². The van der Waals surface area contributed by atoms with E-state index in [1.165, 1.54) is 12.8 Å². The van der Waals surface area contributed by atoms with Crippen molar-refractivity contribution < 1.29 is 0 Å². The number of imidazole rings is 1. The second-order valence-electron chi connectivity index (χ2n) is 3.27. The van der Waals surface area contributed by atoms with Gasteiger partial charge in [0.2, 0.25) is 0 Å². The molecule has 3 nitrogen and oxygen atoms in total. The molecule has 0 aromatic carbocycles. The summed E-state index contributed by atoms with van der Waals surface area (Å²) in [4.78, 5) is 4.17. The van der Waals surface area contributed by atoms with Gasteiger partial charge in [-0.05, 0) is 32.9 Å². The Morgan fingerprint density at radius 2 is 2.07 bits per heavy atom. The zero-order valence-corrected chi connectivity index (χ0v) is 10.6. The Kier molecular flexibility index (Phi) is 9.18. The summed E-state index contributed by atoms with van der Waals surface area (Å²) in [6, 6.07) is 0. The van der Waals surface area contributed by atoms with Gasteiger partial charge in [0.1, 0.15) is 5.82 Å². The third-order valence-corrected chi connectivity index (χ3v) is 2.10. The fraction of sp³-hybridized carbons (Fsp3) is 0.750. The average molecular weight is 211 g/mol. The van der Waals surface area contributed by atoms with Crippen molar-refractivity contribution in [3.05, 3.63) is 18.2 Å². The Bertz CT molecular complexity index is 231. The van der Waals surface area contributed by atoms with Gasteiger partial charge in [-0.1, -0.05) is 20.8 Å². The number of aromatic nitrogens is 2. The lowest BCUT2D eigenvalue weighted by Gasteiger charge is -2.05. The molecule has 1 rings (SSSR count). The molecule has 0 radical (unpaired) electrons. The van der Waals surface area contributed by atoms with E-state index in [4.69, 9.17) is 0 Å². The molecule has 0 amide bonds. The van der Waals surface area contributed by atoms with Crippen LogP contribution < -0.4 is 5.32 Å². The van der Waals surface area contributed by atoms with Gasteiger partial charge in [0, 0.05) is 18.9 Å². The van der Waals surface area contributed by atoms with Crippen LogP contribution >= 0.6 is 0 Å². The van der Waals surface area contributed by atoms with Crippen LogP contribution in [0, 0.1) is 6.92 Å². The summed E-state index contributed by atoms with van der Waals surface area (Å²) in [6.45, 7) is 11.5. The summed E-state index contributed by atoms with van der Waals surface area (Å²) in [6.07, 6.45) is 6.28. The Hall–Kier alpha value is -0.830. The summed E-state index contributed by atoms with van der Waals surface area (Å²) in [5.41, 5.74) is 0. The van der Waals surface area contributed by atoms with Gasteiger partial charge in [0.05, 0.1) is 0 Å². The number of hydrogen-bond donors (Lipinski definition) is 1. The molecule has 0 aliphatic rings. The predicted molar refractivity (Wildman–Crippen MR) is 66.1 cm³/mol.